The van der Waals surface area contributed by atoms with Crippen molar-refractivity contribution < 1.29 is 27.5 Å². The largest absolute Gasteiger partial charge is 0.694 e. The van der Waals surface area contributed by atoms with Crippen LogP contribution in [0.15, 0.2) is 65.1 Å². The molecule has 0 bridgehead atoms. The van der Waals surface area contributed by atoms with Crippen molar-refractivity contribution in [2.24, 2.45) is 0 Å². The summed E-state index contributed by atoms with van der Waals surface area (Å²) >= 11 is 0. The predicted molar refractivity (Wildman–Crippen MR) is 126 cm³/mol. The fraction of sp³-hybridized carbons (Fsp3) is 0.360. The van der Waals surface area contributed by atoms with Crippen LogP contribution >= 0.6 is 8.25 Å². The molecule has 0 spiro atoms. The molecule has 0 aliphatic rings. The maximum atomic E-state index is 13.5. The quantitative estimate of drug-likeness (QED) is 0.207. The molecule has 8 heteroatoms. The van der Waals surface area contributed by atoms with Crippen LogP contribution in [0.2, 0.25) is 0 Å². The van der Waals surface area contributed by atoms with Crippen LogP contribution in [0.25, 0.3) is 11.3 Å². The Kier molecular flexibility index (Phi) is 10.5. The van der Waals surface area contributed by atoms with Crippen molar-refractivity contribution in [2.75, 3.05) is 19.8 Å². The zero-order valence-electron chi connectivity index (χ0n) is 18.5. The number of halogens is 1. The second-order valence-electron chi connectivity index (χ2n) is 7.68. The number of hydrogen-bond acceptors (Lipinski definition) is 5. The SMILES string of the molecule is O=[P+](O)OCCCNCc1ccc(OCCCCCc2ccccc2)c(-c2ccc(F)o2)c1. The molecule has 0 amide bonds. The lowest BCUT2D eigenvalue weighted by Gasteiger charge is -2.13. The number of rotatable bonds is 15. The molecule has 2 N–H and O–H groups in total. The van der Waals surface area contributed by atoms with E-state index in [0.29, 0.717) is 43.2 Å². The molecule has 0 saturated heterocycles. The first-order chi connectivity index (χ1) is 16.1. The molecule has 0 radical (unpaired) electrons. The van der Waals surface area contributed by atoms with E-state index >= 15 is 0 Å². The maximum absolute atomic E-state index is 13.5. The second kappa shape index (κ2) is 13.9. The average molecular weight is 474 g/mol. The number of nitrogens with one attached hydrogen (secondary N) is 1. The van der Waals surface area contributed by atoms with Gasteiger partial charge in [-0.3, -0.25) is 0 Å². The Balaban J connectivity index is 1.49. The highest BCUT2D eigenvalue weighted by atomic mass is 31.1. The van der Waals surface area contributed by atoms with E-state index in [4.69, 9.17) is 14.0 Å². The zero-order valence-corrected chi connectivity index (χ0v) is 19.4. The molecule has 1 heterocycles. The average Bonchev–Trinajstić information content (AvgIpc) is 3.25. The monoisotopic (exact) mass is 474 g/mol. The van der Waals surface area contributed by atoms with Crippen LogP contribution in [0.1, 0.15) is 36.8 Å². The van der Waals surface area contributed by atoms with Gasteiger partial charge in [0.05, 0.1) is 12.2 Å². The highest BCUT2D eigenvalue weighted by Gasteiger charge is 2.13. The first kappa shape index (κ1) is 25.1. The lowest BCUT2D eigenvalue weighted by atomic mass is 10.1. The van der Waals surface area contributed by atoms with Crippen molar-refractivity contribution in [3.05, 3.63) is 77.8 Å². The van der Waals surface area contributed by atoms with Gasteiger partial charge in [-0.25, -0.2) is 0 Å². The summed E-state index contributed by atoms with van der Waals surface area (Å²) in [7, 11) is -2.55. The number of ether oxygens (including phenoxy) is 1. The molecule has 33 heavy (non-hydrogen) atoms. The number of unbranched alkanes of at least 4 members (excludes halogenated alkanes) is 2. The molecule has 176 valence electrons. The van der Waals surface area contributed by atoms with Crippen LogP contribution in [0.5, 0.6) is 5.75 Å². The van der Waals surface area contributed by atoms with Gasteiger partial charge in [-0.2, -0.15) is 4.39 Å². The van der Waals surface area contributed by atoms with Crippen molar-refractivity contribution in [3.8, 4) is 17.1 Å². The maximum Gasteiger partial charge on any atom is 0.694 e. The van der Waals surface area contributed by atoms with E-state index in [1.807, 2.05) is 24.3 Å². The molecule has 3 rings (SSSR count). The Hall–Kier alpha value is -2.57. The lowest BCUT2D eigenvalue weighted by molar-refractivity contribution is 0.276. The van der Waals surface area contributed by atoms with Gasteiger partial charge >= 0.3 is 8.25 Å². The highest BCUT2D eigenvalue weighted by molar-refractivity contribution is 7.32. The number of hydrogen-bond donors (Lipinski definition) is 2. The molecule has 3 aromatic rings. The predicted octanol–water partition coefficient (Wildman–Crippen LogP) is 6.02. The Bertz CT molecular complexity index is 995. The van der Waals surface area contributed by atoms with Gasteiger partial charge in [-0.15, -0.1) is 9.42 Å². The third-order valence-corrected chi connectivity index (χ3v) is 5.53. The summed E-state index contributed by atoms with van der Waals surface area (Å²) in [6, 6.07) is 18.5. The summed E-state index contributed by atoms with van der Waals surface area (Å²) in [5.74, 6) is 1.09. The molecular weight excluding hydrogens is 444 g/mol. The van der Waals surface area contributed by atoms with Crippen LogP contribution in [-0.2, 0) is 22.1 Å². The van der Waals surface area contributed by atoms with E-state index in [9.17, 15) is 8.96 Å². The van der Waals surface area contributed by atoms with E-state index in [1.54, 1.807) is 6.07 Å². The van der Waals surface area contributed by atoms with Gasteiger partial charge in [-0.05, 0) is 68.0 Å². The van der Waals surface area contributed by atoms with Crippen molar-refractivity contribution in [1.82, 2.24) is 5.32 Å². The van der Waals surface area contributed by atoms with E-state index < -0.39 is 14.3 Å². The molecule has 1 unspecified atom stereocenters. The Morgan fingerprint density at radius 3 is 2.55 bits per heavy atom. The lowest BCUT2D eigenvalue weighted by Crippen LogP contribution is -2.16. The second-order valence-corrected chi connectivity index (χ2v) is 8.41. The van der Waals surface area contributed by atoms with Crippen LogP contribution < -0.4 is 10.1 Å². The van der Waals surface area contributed by atoms with Gasteiger partial charge < -0.3 is 14.5 Å². The Morgan fingerprint density at radius 2 is 1.79 bits per heavy atom. The summed E-state index contributed by atoms with van der Waals surface area (Å²) < 4.78 is 39.8. The minimum atomic E-state index is -2.55. The number of aryl methyl sites for hydroxylation is 1. The molecule has 1 aromatic heterocycles. The number of furan rings is 1. The van der Waals surface area contributed by atoms with E-state index in [1.165, 1.54) is 11.6 Å². The Labute approximate surface area is 194 Å². The first-order valence-electron chi connectivity index (χ1n) is 11.2. The van der Waals surface area contributed by atoms with Gasteiger partial charge in [0.25, 0.3) is 6.01 Å². The molecule has 1 atom stereocenters. The molecule has 0 saturated carbocycles. The Morgan fingerprint density at radius 1 is 0.939 bits per heavy atom. The van der Waals surface area contributed by atoms with Crippen molar-refractivity contribution in [1.29, 1.82) is 0 Å². The molecule has 0 aliphatic heterocycles. The summed E-state index contributed by atoms with van der Waals surface area (Å²) in [6.45, 7) is 2.01. The first-order valence-corrected chi connectivity index (χ1v) is 12.3. The summed E-state index contributed by atoms with van der Waals surface area (Å²) in [6.07, 6.45) is 4.78. The molecule has 0 aliphatic carbocycles. The highest BCUT2D eigenvalue weighted by Crippen LogP contribution is 2.32. The summed E-state index contributed by atoms with van der Waals surface area (Å²) in [5, 5.41) is 3.26. The van der Waals surface area contributed by atoms with E-state index in [0.717, 1.165) is 31.2 Å². The van der Waals surface area contributed by atoms with Gasteiger partial charge in [0, 0.05) is 17.2 Å². The molecule has 6 nitrogen and oxygen atoms in total. The van der Waals surface area contributed by atoms with Crippen LogP contribution in [-0.4, -0.2) is 24.7 Å². The van der Waals surface area contributed by atoms with Crippen molar-refractivity contribution in [2.45, 2.75) is 38.6 Å². The van der Waals surface area contributed by atoms with Gasteiger partial charge in [0.1, 0.15) is 18.1 Å². The topological polar surface area (TPSA) is 80.9 Å². The van der Waals surface area contributed by atoms with E-state index in [-0.39, 0.29) is 6.61 Å². The van der Waals surface area contributed by atoms with Crippen LogP contribution in [0.3, 0.4) is 0 Å². The summed E-state index contributed by atoms with van der Waals surface area (Å²) in [4.78, 5) is 8.62. The fourth-order valence-electron chi connectivity index (χ4n) is 3.47. The van der Waals surface area contributed by atoms with Crippen LogP contribution in [0.4, 0.5) is 4.39 Å². The normalized spacial score (nSPS) is 11.5. The molecule has 0 fully saturated rings. The summed E-state index contributed by atoms with van der Waals surface area (Å²) in [5.41, 5.74) is 3.05. The standard InChI is InChI=1S/C25H29FNO5P/c26-25-14-13-24(32-25)22-18-21(19-27-15-7-17-31-33(28)29)11-12-23(22)30-16-6-2-5-10-20-8-3-1-4-9-20/h1,3-4,8-9,11-14,18,27H,2,5-7,10,15-17,19H2/p+1. The molecule has 2 aromatic carbocycles. The van der Waals surface area contributed by atoms with Crippen molar-refractivity contribution >= 4 is 8.25 Å². The molecular formula is C25H30FNO5P+. The number of benzene rings is 2. The van der Waals surface area contributed by atoms with Gasteiger partial charge in [-0.1, -0.05) is 36.4 Å². The third kappa shape index (κ3) is 9.06. The smallest absolute Gasteiger partial charge is 0.493 e. The minimum absolute atomic E-state index is 0.216. The van der Waals surface area contributed by atoms with Crippen LogP contribution in [0, 0.1) is 6.01 Å². The van der Waals surface area contributed by atoms with Gasteiger partial charge in [0.15, 0.2) is 0 Å². The fourth-order valence-corrected chi connectivity index (χ4v) is 3.76. The van der Waals surface area contributed by atoms with Crippen molar-refractivity contribution in [3.63, 3.8) is 0 Å². The zero-order chi connectivity index (χ0) is 23.3. The van der Waals surface area contributed by atoms with E-state index in [2.05, 4.69) is 34.1 Å². The minimum Gasteiger partial charge on any atom is -0.493 e. The van der Waals surface area contributed by atoms with Gasteiger partial charge in [0.2, 0.25) is 0 Å². The third-order valence-electron chi connectivity index (χ3n) is 5.12.